The number of nitrogens with zero attached hydrogens (tertiary/aromatic N) is 6. The molecular formula is C16H11ClN6S. The first-order valence-corrected chi connectivity index (χ1v) is 8.12. The number of rotatable bonds is 5. The molecule has 3 rings (SSSR count). The summed E-state index contributed by atoms with van der Waals surface area (Å²) in [7, 11) is 0. The third kappa shape index (κ3) is 3.45. The van der Waals surface area contributed by atoms with Crippen LogP contribution in [0.2, 0.25) is 5.02 Å². The summed E-state index contributed by atoms with van der Waals surface area (Å²) >= 11 is 7.38. The molecule has 0 saturated carbocycles. The normalized spacial score (nSPS) is 10.3. The molecule has 1 aromatic carbocycles. The highest BCUT2D eigenvalue weighted by atomic mass is 35.5. The molecule has 0 N–H and O–H groups in total. The van der Waals surface area contributed by atoms with E-state index in [0.717, 1.165) is 5.56 Å². The Labute approximate surface area is 147 Å². The van der Waals surface area contributed by atoms with Gasteiger partial charge in [0.05, 0.1) is 0 Å². The van der Waals surface area contributed by atoms with Crippen molar-refractivity contribution in [2.75, 3.05) is 0 Å². The third-order valence-corrected chi connectivity index (χ3v) is 4.21. The minimum Gasteiger partial charge on any atom is -0.298 e. The Morgan fingerprint density at radius 2 is 2.08 bits per heavy atom. The Morgan fingerprint density at radius 3 is 2.75 bits per heavy atom. The summed E-state index contributed by atoms with van der Waals surface area (Å²) < 4.78 is 1.92. The van der Waals surface area contributed by atoms with E-state index in [4.69, 9.17) is 16.9 Å². The Hall–Kier alpha value is -2.69. The second-order valence-corrected chi connectivity index (χ2v) is 6.11. The molecule has 6 nitrogen and oxygen atoms in total. The molecule has 0 aliphatic rings. The lowest BCUT2D eigenvalue weighted by atomic mass is 10.2. The van der Waals surface area contributed by atoms with Crippen molar-refractivity contribution in [1.82, 2.24) is 25.0 Å². The van der Waals surface area contributed by atoms with Crippen LogP contribution in [0.25, 0.3) is 11.4 Å². The average Bonchev–Trinajstić information content (AvgIpc) is 2.99. The molecule has 0 atom stereocenters. The van der Waals surface area contributed by atoms with E-state index in [9.17, 15) is 0 Å². The van der Waals surface area contributed by atoms with Crippen molar-refractivity contribution in [3.63, 3.8) is 0 Å². The summed E-state index contributed by atoms with van der Waals surface area (Å²) in [6, 6.07) is 12.7. The average molecular weight is 355 g/mol. The molecule has 0 radical (unpaired) electrons. The zero-order valence-corrected chi connectivity index (χ0v) is 14.0. The largest absolute Gasteiger partial charge is 0.298 e. The van der Waals surface area contributed by atoms with Gasteiger partial charge < -0.3 is 0 Å². The van der Waals surface area contributed by atoms with E-state index in [2.05, 4.69) is 27.0 Å². The molecule has 0 amide bonds. The molecule has 2 heterocycles. The van der Waals surface area contributed by atoms with Gasteiger partial charge in [-0.15, -0.1) is 27.0 Å². The maximum absolute atomic E-state index is 8.78. The van der Waals surface area contributed by atoms with Gasteiger partial charge in [0.15, 0.2) is 16.7 Å². The zero-order chi connectivity index (χ0) is 16.9. The SMILES string of the molecule is C=CCn1c(Sc2ccc(C#N)nn2)nnc1-c1cccc(Cl)c1. The molecule has 0 bridgehead atoms. The zero-order valence-electron chi connectivity index (χ0n) is 12.4. The van der Waals surface area contributed by atoms with Crippen molar-refractivity contribution in [3.05, 3.63) is 59.8 Å². The fourth-order valence-corrected chi connectivity index (χ4v) is 2.97. The maximum Gasteiger partial charge on any atom is 0.198 e. The van der Waals surface area contributed by atoms with E-state index in [1.54, 1.807) is 24.3 Å². The molecule has 24 heavy (non-hydrogen) atoms. The fourth-order valence-electron chi connectivity index (χ4n) is 2.03. The van der Waals surface area contributed by atoms with E-state index >= 15 is 0 Å². The van der Waals surface area contributed by atoms with Crippen LogP contribution in [0.5, 0.6) is 0 Å². The molecule has 0 saturated heterocycles. The van der Waals surface area contributed by atoms with Gasteiger partial charge in [-0.3, -0.25) is 4.57 Å². The number of benzene rings is 1. The Kier molecular flexibility index (Phi) is 4.89. The first-order chi connectivity index (χ1) is 11.7. The minimum absolute atomic E-state index is 0.270. The molecule has 0 unspecified atom stereocenters. The lowest BCUT2D eigenvalue weighted by molar-refractivity contribution is 0.729. The predicted octanol–water partition coefficient (Wildman–Crippen LogP) is 3.60. The van der Waals surface area contributed by atoms with Gasteiger partial charge in [0, 0.05) is 17.1 Å². The van der Waals surface area contributed by atoms with Crippen molar-refractivity contribution in [2.45, 2.75) is 16.7 Å². The molecule has 0 aliphatic carbocycles. The van der Waals surface area contributed by atoms with E-state index < -0.39 is 0 Å². The van der Waals surface area contributed by atoms with Crippen LogP contribution in [-0.2, 0) is 6.54 Å². The van der Waals surface area contributed by atoms with Gasteiger partial charge >= 0.3 is 0 Å². The third-order valence-electron chi connectivity index (χ3n) is 3.06. The minimum atomic E-state index is 0.270. The lowest BCUT2D eigenvalue weighted by Gasteiger charge is -2.07. The van der Waals surface area contributed by atoms with Gasteiger partial charge in [0.1, 0.15) is 11.1 Å². The summed E-state index contributed by atoms with van der Waals surface area (Å²) in [5, 5.41) is 27.0. The van der Waals surface area contributed by atoms with Crippen LogP contribution in [0, 0.1) is 11.3 Å². The molecular weight excluding hydrogens is 344 g/mol. The van der Waals surface area contributed by atoms with Crippen LogP contribution >= 0.6 is 23.4 Å². The Bertz CT molecular complexity index is 913. The maximum atomic E-state index is 8.78. The van der Waals surface area contributed by atoms with Gasteiger partial charge in [0.2, 0.25) is 0 Å². The molecule has 0 fully saturated rings. The number of nitriles is 1. The molecule has 0 aliphatic heterocycles. The van der Waals surface area contributed by atoms with Crippen LogP contribution in [0.15, 0.2) is 59.2 Å². The second-order valence-electron chi connectivity index (χ2n) is 4.69. The van der Waals surface area contributed by atoms with Gasteiger partial charge in [-0.05, 0) is 36.0 Å². The summed E-state index contributed by atoms with van der Waals surface area (Å²) in [5.41, 5.74) is 1.14. The predicted molar refractivity (Wildman–Crippen MR) is 91.5 cm³/mol. The number of aromatic nitrogens is 5. The van der Waals surface area contributed by atoms with Crippen LogP contribution < -0.4 is 0 Å². The number of hydrogen-bond acceptors (Lipinski definition) is 6. The number of allylic oxidation sites excluding steroid dienone is 1. The van der Waals surface area contributed by atoms with Gasteiger partial charge in [-0.2, -0.15) is 5.26 Å². The monoisotopic (exact) mass is 354 g/mol. The molecule has 118 valence electrons. The van der Waals surface area contributed by atoms with Crippen LogP contribution in [-0.4, -0.2) is 25.0 Å². The second kappa shape index (κ2) is 7.25. The molecule has 0 spiro atoms. The highest BCUT2D eigenvalue weighted by Gasteiger charge is 2.15. The van der Waals surface area contributed by atoms with Gasteiger partial charge in [-0.1, -0.05) is 29.8 Å². The van der Waals surface area contributed by atoms with Crippen molar-refractivity contribution in [2.24, 2.45) is 0 Å². The molecule has 2 aromatic heterocycles. The van der Waals surface area contributed by atoms with Crippen molar-refractivity contribution in [3.8, 4) is 17.5 Å². The van der Waals surface area contributed by atoms with E-state index in [1.807, 2.05) is 28.8 Å². The van der Waals surface area contributed by atoms with Crippen LogP contribution in [0.4, 0.5) is 0 Å². The molecule has 8 heteroatoms. The molecule has 3 aromatic rings. The van der Waals surface area contributed by atoms with E-state index in [1.165, 1.54) is 11.8 Å². The Morgan fingerprint density at radius 1 is 1.21 bits per heavy atom. The van der Waals surface area contributed by atoms with E-state index in [-0.39, 0.29) is 5.69 Å². The highest BCUT2D eigenvalue weighted by Crippen LogP contribution is 2.29. The van der Waals surface area contributed by atoms with Crippen molar-refractivity contribution < 1.29 is 0 Å². The van der Waals surface area contributed by atoms with Gasteiger partial charge in [0.25, 0.3) is 0 Å². The quantitative estimate of drug-likeness (QED) is 0.651. The van der Waals surface area contributed by atoms with E-state index in [0.29, 0.717) is 27.6 Å². The van der Waals surface area contributed by atoms with Crippen LogP contribution in [0.3, 0.4) is 0 Å². The summed E-state index contributed by atoms with van der Waals surface area (Å²) in [5.74, 6) is 0.696. The summed E-state index contributed by atoms with van der Waals surface area (Å²) in [4.78, 5) is 0. The highest BCUT2D eigenvalue weighted by molar-refractivity contribution is 7.99. The van der Waals surface area contributed by atoms with Gasteiger partial charge in [-0.25, -0.2) is 0 Å². The topological polar surface area (TPSA) is 80.3 Å². The number of hydrogen-bond donors (Lipinski definition) is 0. The first kappa shape index (κ1) is 16.2. The summed E-state index contributed by atoms with van der Waals surface area (Å²) in [6.07, 6.45) is 1.77. The Balaban J connectivity index is 1.96. The lowest BCUT2D eigenvalue weighted by Crippen LogP contribution is -2.01. The number of halogens is 1. The standard InChI is InChI=1S/C16H11ClN6S/c1-2-8-23-15(11-4-3-5-12(17)9-11)21-22-16(23)24-14-7-6-13(10-18)19-20-14/h2-7,9H,1,8H2. The fraction of sp³-hybridized carbons (Fsp3) is 0.0625. The van der Waals surface area contributed by atoms with Crippen molar-refractivity contribution in [1.29, 1.82) is 5.26 Å². The van der Waals surface area contributed by atoms with Crippen LogP contribution in [0.1, 0.15) is 5.69 Å². The van der Waals surface area contributed by atoms with Crippen molar-refractivity contribution >= 4 is 23.4 Å². The smallest absolute Gasteiger partial charge is 0.198 e. The summed E-state index contributed by atoms with van der Waals surface area (Å²) in [6.45, 7) is 4.33. The first-order valence-electron chi connectivity index (χ1n) is 6.93.